The van der Waals surface area contributed by atoms with E-state index in [9.17, 15) is 14.7 Å². The molecule has 1 aliphatic rings. The summed E-state index contributed by atoms with van der Waals surface area (Å²) in [6.45, 7) is 0.124. The molecule has 3 N–H and O–H groups in total. The number of hydrogen-bond acceptors (Lipinski definition) is 4. The van der Waals surface area contributed by atoms with E-state index in [2.05, 4.69) is 27.6 Å². The first kappa shape index (κ1) is 19.8. The van der Waals surface area contributed by atoms with Crippen molar-refractivity contribution < 1.29 is 19.4 Å². The Hall–Kier alpha value is -4.13. The number of ether oxygens (including phenoxy) is 1. The monoisotopic (exact) mass is 427 g/mol. The quantitative estimate of drug-likeness (QED) is 0.430. The Morgan fingerprint density at radius 3 is 2.28 bits per heavy atom. The van der Waals surface area contributed by atoms with E-state index in [0.717, 1.165) is 33.2 Å². The Labute approximate surface area is 184 Å². The molecule has 0 spiro atoms. The zero-order valence-corrected chi connectivity index (χ0v) is 17.1. The molecule has 1 aliphatic carbocycles. The molecule has 0 unspecified atom stereocenters. The van der Waals surface area contributed by atoms with Gasteiger partial charge in [0.05, 0.1) is 5.52 Å². The van der Waals surface area contributed by atoms with Gasteiger partial charge in [-0.25, -0.2) is 9.59 Å². The Balaban J connectivity index is 1.28. The molecule has 5 rings (SSSR count). The zero-order valence-electron chi connectivity index (χ0n) is 17.1. The molecule has 1 atom stereocenters. The number of para-hydroxylation sites is 1. The van der Waals surface area contributed by atoms with Crippen molar-refractivity contribution in [2.75, 3.05) is 6.61 Å². The highest BCUT2D eigenvalue weighted by Crippen LogP contribution is 2.44. The first-order valence-corrected chi connectivity index (χ1v) is 10.4. The van der Waals surface area contributed by atoms with Gasteiger partial charge in [-0.3, -0.25) is 5.10 Å². The summed E-state index contributed by atoms with van der Waals surface area (Å²) in [5.41, 5.74) is 5.85. The molecule has 7 nitrogen and oxygen atoms in total. The molecule has 0 aliphatic heterocycles. The molecule has 3 aromatic carbocycles. The van der Waals surface area contributed by atoms with Gasteiger partial charge in [0.25, 0.3) is 0 Å². The summed E-state index contributed by atoms with van der Waals surface area (Å²) in [4.78, 5) is 24.3. The van der Waals surface area contributed by atoms with Gasteiger partial charge in [0.15, 0.2) is 0 Å². The maximum atomic E-state index is 12.5. The van der Waals surface area contributed by atoms with E-state index in [-0.39, 0.29) is 18.9 Å². The smallest absolute Gasteiger partial charge is 0.407 e. The number of amides is 1. The number of rotatable bonds is 6. The van der Waals surface area contributed by atoms with Crippen molar-refractivity contribution in [1.82, 2.24) is 15.5 Å². The summed E-state index contributed by atoms with van der Waals surface area (Å²) >= 11 is 0. The van der Waals surface area contributed by atoms with E-state index in [1.54, 1.807) is 0 Å². The van der Waals surface area contributed by atoms with Crippen LogP contribution in [-0.2, 0) is 16.0 Å². The molecule has 7 heteroatoms. The fourth-order valence-corrected chi connectivity index (χ4v) is 4.36. The number of benzene rings is 3. The Morgan fingerprint density at radius 1 is 0.969 bits per heavy atom. The third-order valence-electron chi connectivity index (χ3n) is 5.88. The van der Waals surface area contributed by atoms with Crippen molar-refractivity contribution in [2.45, 2.75) is 18.4 Å². The number of nitrogens with one attached hydrogen (secondary N) is 2. The van der Waals surface area contributed by atoms with Gasteiger partial charge < -0.3 is 15.2 Å². The van der Waals surface area contributed by atoms with Crippen LogP contribution >= 0.6 is 0 Å². The summed E-state index contributed by atoms with van der Waals surface area (Å²) in [6.07, 6.45) is -0.692. The predicted molar refractivity (Wildman–Crippen MR) is 119 cm³/mol. The van der Waals surface area contributed by atoms with Crippen molar-refractivity contribution in [3.63, 3.8) is 0 Å². The maximum Gasteiger partial charge on any atom is 0.407 e. The van der Waals surface area contributed by atoms with Crippen LogP contribution in [0.1, 0.15) is 22.7 Å². The van der Waals surface area contributed by atoms with Gasteiger partial charge >= 0.3 is 12.1 Å². The van der Waals surface area contributed by atoms with Crippen LogP contribution in [0.5, 0.6) is 0 Å². The third kappa shape index (κ3) is 3.58. The van der Waals surface area contributed by atoms with Crippen LogP contribution in [0.3, 0.4) is 0 Å². The van der Waals surface area contributed by atoms with Gasteiger partial charge in [-0.1, -0.05) is 66.7 Å². The number of carbonyl (C=O) groups excluding carboxylic acids is 1. The second-order valence-electron chi connectivity index (χ2n) is 7.78. The fourth-order valence-electron chi connectivity index (χ4n) is 4.36. The van der Waals surface area contributed by atoms with Crippen LogP contribution in [0.2, 0.25) is 0 Å². The molecule has 32 heavy (non-hydrogen) atoms. The molecule has 1 amide bonds. The highest BCUT2D eigenvalue weighted by atomic mass is 16.5. The lowest BCUT2D eigenvalue weighted by molar-refractivity contribution is -0.139. The summed E-state index contributed by atoms with van der Waals surface area (Å²) in [5.74, 6) is -1.23. The van der Waals surface area contributed by atoms with Gasteiger partial charge in [0, 0.05) is 23.4 Å². The molecule has 1 heterocycles. The highest BCUT2D eigenvalue weighted by molar-refractivity contribution is 5.84. The van der Waals surface area contributed by atoms with Gasteiger partial charge in [0.1, 0.15) is 12.6 Å². The number of fused-ring (bicyclic) bond motifs is 4. The van der Waals surface area contributed by atoms with Crippen LogP contribution in [0.25, 0.3) is 22.0 Å². The number of carbonyl (C=O) groups is 2. The average Bonchev–Trinajstić information content (AvgIpc) is 3.36. The number of alkyl carbamates (subject to hydrolysis) is 1. The second kappa shape index (κ2) is 8.19. The fraction of sp³-hybridized carbons (Fsp3) is 0.160. The van der Waals surface area contributed by atoms with E-state index in [0.29, 0.717) is 5.69 Å². The molecule has 0 saturated heterocycles. The molecular weight excluding hydrogens is 406 g/mol. The van der Waals surface area contributed by atoms with E-state index in [4.69, 9.17) is 4.74 Å². The van der Waals surface area contributed by atoms with Crippen molar-refractivity contribution in [3.05, 3.63) is 89.6 Å². The van der Waals surface area contributed by atoms with Crippen LogP contribution in [0.4, 0.5) is 4.79 Å². The minimum atomic E-state index is -1.14. The first-order valence-electron chi connectivity index (χ1n) is 10.4. The molecule has 0 radical (unpaired) electrons. The zero-order chi connectivity index (χ0) is 22.1. The highest BCUT2D eigenvalue weighted by Gasteiger charge is 2.30. The van der Waals surface area contributed by atoms with Crippen molar-refractivity contribution in [2.24, 2.45) is 0 Å². The lowest BCUT2D eigenvalue weighted by Gasteiger charge is -2.17. The summed E-state index contributed by atoms with van der Waals surface area (Å²) in [5, 5.41) is 20.0. The predicted octanol–water partition coefficient (Wildman–Crippen LogP) is 4.10. The number of carboxylic acid groups (broad SMARTS) is 1. The molecule has 0 bridgehead atoms. The largest absolute Gasteiger partial charge is 0.480 e. The summed E-state index contributed by atoms with van der Waals surface area (Å²) < 4.78 is 5.49. The standard InChI is InChI=1S/C25H21N3O4/c29-24(30)23(13-22-19-11-5-6-12-21(19)27-28-22)26-25(31)32-14-20-17-9-3-1-7-15(17)16-8-2-4-10-18(16)20/h1-12,20,23H,13-14H2,(H,26,31)(H,27,28)(H,29,30)/t23-/m0/s1. The Bertz CT molecular complexity index is 1270. The molecule has 0 fully saturated rings. The summed E-state index contributed by atoms with van der Waals surface area (Å²) in [7, 11) is 0. The van der Waals surface area contributed by atoms with Crippen molar-refractivity contribution >= 4 is 23.0 Å². The summed E-state index contributed by atoms with van der Waals surface area (Å²) in [6, 6.07) is 22.4. The Morgan fingerprint density at radius 2 is 1.59 bits per heavy atom. The van der Waals surface area contributed by atoms with Gasteiger partial charge in [-0.2, -0.15) is 5.10 Å². The lowest BCUT2D eigenvalue weighted by Crippen LogP contribution is -2.43. The molecule has 0 saturated carbocycles. The van der Waals surface area contributed by atoms with Crippen molar-refractivity contribution in [1.29, 1.82) is 0 Å². The molecule has 1 aromatic heterocycles. The number of aliphatic carboxylic acids is 1. The molecule has 160 valence electrons. The normalized spacial score (nSPS) is 13.4. The number of aromatic amines is 1. The third-order valence-corrected chi connectivity index (χ3v) is 5.88. The first-order chi connectivity index (χ1) is 15.6. The van der Waals surface area contributed by atoms with Crippen LogP contribution in [0, 0.1) is 0 Å². The Kier molecular flexibility index (Phi) is 5.07. The van der Waals surface area contributed by atoms with Crippen molar-refractivity contribution in [3.8, 4) is 11.1 Å². The minimum Gasteiger partial charge on any atom is -0.480 e. The van der Waals surface area contributed by atoms with E-state index >= 15 is 0 Å². The minimum absolute atomic E-state index is 0.0695. The van der Waals surface area contributed by atoms with Crippen LogP contribution in [-0.4, -0.2) is 40.0 Å². The van der Waals surface area contributed by atoms with Crippen LogP contribution < -0.4 is 5.32 Å². The van der Waals surface area contributed by atoms with Gasteiger partial charge in [0.2, 0.25) is 0 Å². The molecule has 4 aromatic rings. The number of H-pyrrole nitrogens is 1. The van der Waals surface area contributed by atoms with Gasteiger partial charge in [-0.05, 0) is 28.3 Å². The second-order valence-corrected chi connectivity index (χ2v) is 7.78. The SMILES string of the molecule is O=C(N[C@@H](Cc1[nH]nc2ccccc12)C(=O)O)OCC1c2ccccc2-c2ccccc21. The van der Waals surface area contributed by atoms with Crippen LogP contribution in [0.15, 0.2) is 72.8 Å². The number of nitrogens with zero attached hydrogens (tertiary/aromatic N) is 1. The average molecular weight is 427 g/mol. The van der Waals surface area contributed by atoms with Gasteiger partial charge in [-0.15, -0.1) is 0 Å². The molecular formula is C25H21N3O4. The number of aromatic nitrogens is 2. The van der Waals surface area contributed by atoms with E-state index in [1.165, 1.54) is 0 Å². The number of hydrogen-bond donors (Lipinski definition) is 3. The van der Waals surface area contributed by atoms with E-state index < -0.39 is 18.1 Å². The van der Waals surface area contributed by atoms with E-state index in [1.807, 2.05) is 60.7 Å². The topological polar surface area (TPSA) is 104 Å². The number of carboxylic acids is 1. The maximum absolute atomic E-state index is 12.5. The lowest BCUT2D eigenvalue weighted by atomic mass is 9.98.